The van der Waals surface area contributed by atoms with Gasteiger partial charge in [0.2, 0.25) is 5.91 Å². The van der Waals surface area contributed by atoms with Crippen LogP contribution in [0.4, 0.5) is 0 Å². The molecule has 20 heavy (non-hydrogen) atoms. The van der Waals surface area contributed by atoms with Gasteiger partial charge in [-0.2, -0.15) is 0 Å². The summed E-state index contributed by atoms with van der Waals surface area (Å²) >= 11 is 11.6. The molecule has 0 unspecified atom stereocenters. The molecule has 5 nitrogen and oxygen atoms in total. The van der Waals surface area contributed by atoms with E-state index in [1.807, 2.05) is 13.8 Å². The molecule has 1 heterocycles. The molecule has 1 rings (SSSR count). The zero-order valence-corrected chi connectivity index (χ0v) is 13.1. The lowest BCUT2D eigenvalue weighted by Gasteiger charge is -2.17. The van der Waals surface area contributed by atoms with Crippen molar-refractivity contribution in [1.29, 1.82) is 0 Å². The second-order valence-corrected chi connectivity index (χ2v) is 5.62. The van der Waals surface area contributed by atoms with Crippen LogP contribution in [0.25, 0.3) is 0 Å². The highest BCUT2D eigenvalue weighted by atomic mass is 35.5. The standard InChI is InChI=1S/C13H17Cl2N3O2/c1-8(2)6-16-11(19)7-18(3)13(20)12-9(14)4-5-10(15)17-12/h4-5,8H,6-7H2,1-3H3,(H,16,19). The van der Waals surface area contributed by atoms with Crippen molar-refractivity contribution in [3.05, 3.63) is 28.0 Å². The fraction of sp³-hybridized carbons (Fsp3) is 0.462. The van der Waals surface area contributed by atoms with Crippen LogP contribution >= 0.6 is 23.2 Å². The predicted octanol–water partition coefficient (Wildman–Crippen LogP) is 2.23. The van der Waals surface area contributed by atoms with Gasteiger partial charge in [-0.25, -0.2) is 4.98 Å². The van der Waals surface area contributed by atoms with E-state index in [-0.39, 0.29) is 28.3 Å². The van der Waals surface area contributed by atoms with Crippen molar-refractivity contribution in [3.63, 3.8) is 0 Å². The SMILES string of the molecule is CC(C)CNC(=O)CN(C)C(=O)c1nc(Cl)ccc1Cl. The van der Waals surface area contributed by atoms with Gasteiger partial charge in [0.1, 0.15) is 10.8 Å². The van der Waals surface area contributed by atoms with E-state index in [9.17, 15) is 9.59 Å². The van der Waals surface area contributed by atoms with Crippen molar-refractivity contribution in [1.82, 2.24) is 15.2 Å². The first kappa shape index (κ1) is 16.7. The molecule has 0 saturated carbocycles. The quantitative estimate of drug-likeness (QED) is 0.847. The third-order valence-electron chi connectivity index (χ3n) is 2.45. The smallest absolute Gasteiger partial charge is 0.274 e. The first-order valence-electron chi connectivity index (χ1n) is 6.15. The van der Waals surface area contributed by atoms with Gasteiger partial charge in [0.15, 0.2) is 0 Å². The van der Waals surface area contributed by atoms with E-state index in [0.29, 0.717) is 12.5 Å². The van der Waals surface area contributed by atoms with Crippen LogP contribution in [-0.4, -0.2) is 41.8 Å². The molecular formula is C13H17Cl2N3O2. The summed E-state index contributed by atoms with van der Waals surface area (Å²) in [4.78, 5) is 28.9. The van der Waals surface area contributed by atoms with Gasteiger partial charge in [0.25, 0.3) is 5.91 Å². The summed E-state index contributed by atoms with van der Waals surface area (Å²) in [6, 6.07) is 2.99. The van der Waals surface area contributed by atoms with Gasteiger partial charge < -0.3 is 10.2 Å². The van der Waals surface area contributed by atoms with E-state index >= 15 is 0 Å². The number of halogens is 2. The van der Waals surface area contributed by atoms with Gasteiger partial charge in [-0.05, 0) is 18.1 Å². The normalized spacial score (nSPS) is 10.5. The molecule has 0 radical (unpaired) electrons. The Hall–Kier alpha value is -1.33. The fourth-order valence-corrected chi connectivity index (χ4v) is 1.74. The van der Waals surface area contributed by atoms with Crippen LogP contribution in [0, 0.1) is 5.92 Å². The van der Waals surface area contributed by atoms with Gasteiger partial charge in [-0.15, -0.1) is 0 Å². The van der Waals surface area contributed by atoms with Gasteiger partial charge in [0.05, 0.1) is 11.6 Å². The van der Waals surface area contributed by atoms with Crippen molar-refractivity contribution in [2.24, 2.45) is 5.92 Å². The fourth-order valence-electron chi connectivity index (χ4n) is 1.41. The van der Waals surface area contributed by atoms with Gasteiger partial charge in [0, 0.05) is 13.6 Å². The van der Waals surface area contributed by atoms with E-state index in [0.717, 1.165) is 0 Å². The summed E-state index contributed by atoms with van der Waals surface area (Å²) < 4.78 is 0. The summed E-state index contributed by atoms with van der Waals surface area (Å²) in [6.45, 7) is 4.49. The number of aromatic nitrogens is 1. The van der Waals surface area contributed by atoms with Crippen molar-refractivity contribution >= 4 is 35.0 Å². The van der Waals surface area contributed by atoms with E-state index in [4.69, 9.17) is 23.2 Å². The van der Waals surface area contributed by atoms with E-state index in [1.54, 1.807) is 0 Å². The topological polar surface area (TPSA) is 62.3 Å². The van der Waals surface area contributed by atoms with Gasteiger partial charge >= 0.3 is 0 Å². The molecule has 1 aromatic heterocycles. The average Bonchev–Trinajstić information content (AvgIpc) is 2.38. The van der Waals surface area contributed by atoms with Crippen molar-refractivity contribution in [2.75, 3.05) is 20.1 Å². The largest absolute Gasteiger partial charge is 0.354 e. The Morgan fingerprint density at radius 3 is 2.60 bits per heavy atom. The lowest BCUT2D eigenvalue weighted by atomic mass is 10.2. The molecule has 2 amide bonds. The van der Waals surface area contributed by atoms with Crippen LogP contribution in [0.3, 0.4) is 0 Å². The minimum absolute atomic E-state index is 0.0401. The molecule has 0 bridgehead atoms. The Balaban J connectivity index is 2.67. The van der Waals surface area contributed by atoms with Gasteiger partial charge in [-0.1, -0.05) is 37.0 Å². The van der Waals surface area contributed by atoms with Crippen LogP contribution in [0.2, 0.25) is 10.2 Å². The van der Waals surface area contributed by atoms with Crippen LogP contribution < -0.4 is 5.32 Å². The van der Waals surface area contributed by atoms with E-state index in [2.05, 4.69) is 10.3 Å². The maximum Gasteiger partial charge on any atom is 0.274 e. The molecule has 0 aliphatic heterocycles. The summed E-state index contributed by atoms with van der Waals surface area (Å²) in [6.07, 6.45) is 0. The van der Waals surface area contributed by atoms with Crippen LogP contribution in [0.5, 0.6) is 0 Å². The third-order valence-corrected chi connectivity index (χ3v) is 2.97. The molecule has 1 aromatic rings. The van der Waals surface area contributed by atoms with E-state index in [1.165, 1.54) is 24.1 Å². The van der Waals surface area contributed by atoms with Crippen molar-refractivity contribution in [2.45, 2.75) is 13.8 Å². The molecule has 0 aliphatic carbocycles. The number of carbonyl (C=O) groups excluding carboxylic acids is 2. The summed E-state index contributed by atoms with van der Waals surface area (Å²) in [5.74, 6) is -0.325. The summed E-state index contributed by atoms with van der Waals surface area (Å²) in [5.41, 5.74) is 0.0401. The molecule has 0 saturated heterocycles. The Morgan fingerprint density at radius 1 is 1.35 bits per heavy atom. The molecule has 7 heteroatoms. The van der Waals surface area contributed by atoms with E-state index < -0.39 is 5.91 Å². The Bertz CT molecular complexity index is 506. The number of nitrogens with zero attached hydrogens (tertiary/aromatic N) is 2. The molecule has 0 atom stereocenters. The number of rotatable bonds is 5. The highest BCUT2D eigenvalue weighted by Gasteiger charge is 2.19. The second-order valence-electron chi connectivity index (χ2n) is 4.82. The molecule has 1 N–H and O–H groups in total. The number of hydrogen-bond donors (Lipinski definition) is 1. The first-order chi connectivity index (χ1) is 9.31. The number of carbonyl (C=O) groups is 2. The summed E-state index contributed by atoms with van der Waals surface area (Å²) in [7, 11) is 1.51. The molecule has 0 aliphatic rings. The Morgan fingerprint density at radius 2 is 2.00 bits per heavy atom. The number of likely N-dealkylation sites (N-methyl/N-ethyl adjacent to an activating group) is 1. The van der Waals surface area contributed by atoms with Crippen molar-refractivity contribution < 1.29 is 9.59 Å². The number of amides is 2. The van der Waals surface area contributed by atoms with Crippen molar-refractivity contribution in [3.8, 4) is 0 Å². The highest BCUT2D eigenvalue weighted by molar-refractivity contribution is 6.34. The average molecular weight is 318 g/mol. The maximum absolute atomic E-state index is 12.1. The summed E-state index contributed by atoms with van der Waals surface area (Å²) in [5, 5.41) is 3.11. The predicted molar refractivity (Wildman–Crippen MR) is 79.1 cm³/mol. The molecular weight excluding hydrogens is 301 g/mol. The minimum Gasteiger partial charge on any atom is -0.354 e. The molecule has 0 aromatic carbocycles. The first-order valence-corrected chi connectivity index (χ1v) is 6.91. The molecule has 110 valence electrons. The number of nitrogens with one attached hydrogen (secondary N) is 1. The lowest BCUT2D eigenvalue weighted by Crippen LogP contribution is -2.39. The molecule has 0 spiro atoms. The minimum atomic E-state index is -0.447. The third kappa shape index (κ3) is 4.98. The van der Waals surface area contributed by atoms with Gasteiger partial charge in [-0.3, -0.25) is 9.59 Å². The number of pyridine rings is 1. The highest BCUT2D eigenvalue weighted by Crippen LogP contribution is 2.18. The van der Waals surface area contributed by atoms with Crippen LogP contribution in [-0.2, 0) is 4.79 Å². The van der Waals surface area contributed by atoms with Crippen LogP contribution in [0.1, 0.15) is 24.3 Å². The number of hydrogen-bond acceptors (Lipinski definition) is 3. The lowest BCUT2D eigenvalue weighted by molar-refractivity contribution is -0.121. The second kappa shape index (κ2) is 7.45. The zero-order valence-electron chi connectivity index (χ0n) is 11.6. The maximum atomic E-state index is 12.1. The zero-order chi connectivity index (χ0) is 15.3. The Labute approximate surface area is 128 Å². The molecule has 0 fully saturated rings. The Kier molecular flexibility index (Phi) is 6.23. The monoisotopic (exact) mass is 317 g/mol. The van der Waals surface area contributed by atoms with Crippen LogP contribution in [0.15, 0.2) is 12.1 Å².